The zero-order valence-electron chi connectivity index (χ0n) is 8.15. The molecule has 1 aromatic heterocycles. The van der Waals surface area contributed by atoms with Crippen molar-refractivity contribution in [3.8, 4) is 11.3 Å². The quantitative estimate of drug-likeness (QED) is 0.727. The summed E-state index contributed by atoms with van der Waals surface area (Å²) in [6.45, 7) is 0. The van der Waals surface area contributed by atoms with Crippen molar-refractivity contribution in [1.29, 1.82) is 0 Å². The molecule has 0 aliphatic rings. The van der Waals surface area contributed by atoms with Crippen molar-refractivity contribution in [3.63, 3.8) is 0 Å². The van der Waals surface area contributed by atoms with Crippen LogP contribution in [0.2, 0.25) is 0 Å². The summed E-state index contributed by atoms with van der Waals surface area (Å²) in [5.41, 5.74) is 1.06. The molecule has 0 atom stereocenters. The average molecular weight is 219 g/mol. The van der Waals surface area contributed by atoms with Crippen molar-refractivity contribution < 1.29 is 13.6 Å². The fourth-order valence-electron chi connectivity index (χ4n) is 1.40. The van der Waals surface area contributed by atoms with Crippen molar-refractivity contribution in [2.24, 2.45) is 0 Å². The molecule has 0 bridgehead atoms. The molecule has 1 heterocycles. The molecule has 0 saturated carbocycles. The van der Waals surface area contributed by atoms with Crippen molar-refractivity contribution in [2.75, 3.05) is 0 Å². The Balaban J connectivity index is 2.58. The second kappa shape index (κ2) is 4.18. The highest BCUT2D eigenvalue weighted by Gasteiger charge is 2.08. The Morgan fingerprint density at radius 1 is 1.12 bits per heavy atom. The number of carbonyl (C=O) groups excluding carboxylic acids is 1. The summed E-state index contributed by atoms with van der Waals surface area (Å²) in [7, 11) is 0. The van der Waals surface area contributed by atoms with Crippen LogP contribution in [0.15, 0.2) is 36.5 Å². The van der Waals surface area contributed by atoms with E-state index in [0.29, 0.717) is 23.1 Å². The number of carbonyl (C=O) groups is 1. The Kier molecular flexibility index (Phi) is 2.72. The van der Waals surface area contributed by atoms with Crippen molar-refractivity contribution >= 4 is 6.29 Å². The lowest BCUT2D eigenvalue weighted by molar-refractivity contribution is 0.112. The lowest BCUT2D eigenvalue weighted by Gasteiger charge is -2.03. The molecule has 80 valence electrons. The van der Waals surface area contributed by atoms with Crippen LogP contribution in [0.1, 0.15) is 10.4 Å². The number of hydrogen-bond acceptors (Lipinski definition) is 2. The second-order valence-corrected chi connectivity index (χ2v) is 3.19. The van der Waals surface area contributed by atoms with Crippen LogP contribution in [0, 0.1) is 11.6 Å². The first-order chi connectivity index (χ1) is 7.72. The second-order valence-electron chi connectivity index (χ2n) is 3.19. The zero-order chi connectivity index (χ0) is 11.5. The highest BCUT2D eigenvalue weighted by molar-refractivity contribution is 5.85. The minimum atomic E-state index is -0.958. The predicted molar refractivity (Wildman–Crippen MR) is 55.0 cm³/mol. The van der Waals surface area contributed by atoms with Gasteiger partial charge in [0.25, 0.3) is 0 Å². The van der Waals surface area contributed by atoms with E-state index >= 15 is 0 Å². The van der Waals surface area contributed by atoms with E-state index in [-0.39, 0.29) is 0 Å². The smallest absolute Gasteiger partial charge is 0.159 e. The number of benzene rings is 1. The fraction of sp³-hybridized carbons (Fsp3) is 0. The summed E-state index contributed by atoms with van der Waals surface area (Å²) < 4.78 is 25.7. The molecule has 0 fully saturated rings. The number of rotatable bonds is 2. The normalized spacial score (nSPS) is 10.1. The monoisotopic (exact) mass is 219 g/mol. The molecule has 2 nitrogen and oxygen atoms in total. The number of nitrogens with zero attached hydrogens (tertiary/aromatic N) is 1. The Labute approximate surface area is 90.6 Å². The molecular weight excluding hydrogens is 212 g/mol. The van der Waals surface area contributed by atoms with Gasteiger partial charge in [-0.1, -0.05) is 0 Å². The van der Waals surface area contributed by atoms with Gasteiger partial charge in [-0.3, -0.25) is 9.78 Å². The Hall–Kier alpha value is -2.10. The summed E-state index contributed by atoms with van der Waals surface area (Å²) >= 11 is 0. The van der Waals surface area contributed by atoms with Crippen LogP contribution in [0.3, 0.4) is 0 Å². The molecule has 0 aliphatic heterocycles. The topological polar surface area (TPSA) is 30.0 Å². The van der Waals surface area contributed by atoms with Gasteiger partial charge in [-0.05, 0) is 30.3 Å². The fourth-order valence-corrected chi connectivity index (χ4v) is 1.40. The predicted octanol–water partition coefficient (Wildman–Crippen LogP) is 2.84. The molecule has 2 aromatic rings. The van der Waals surface area contributed by atoms with E-state index in [2.05, 4.69) is 4.98 Å². The van der Waals surface area contributed by atoms with Gasteiger partial charge in [0.1, 0.15) is 0 Å². The molecule has 4 heteroatoms. The zero-order valence-corrected chi connectivity index (χ0v) is 8.15. The van der Waals surface area contributed by atoms with Gasteiger partial charge in [0.2, 0.25) is 0 Å². The highest BCUT2D eigenvalue weighted by atomic mass is 19.2. The summed E-state index contributed by atoms with van der Waals surface area (Å²) in [5.74, 6) is -1.88. The number of pyridine rings is 1. The molecule has 0 spiro atoms. The van der Waals surface area contributed by atoms with Gasteiger partial charge >= 0.3 is 0 Å². The van der Waals surface area contributed by atoms with Gasteiger partial charge in [-0.15, -0.1) is 0 Å². The van der Waals surface area contributed by atoms with Crippen LogP contribution in [-0.4, -0.2) is 11.3 Å². The van der Waals surface area contributed by atoms with E-state index in [0.717, 1.165) is 12.1 Å². The molecule has 16 heavy (non-hydrogen) atoms. The molecular formula is C12H7F2NO. The first-order valence-electron chi connectivity index (χ1n) is 4.58. The van der Waals surface area contributed by atoms with E-state index in [4.69, 9.17) is 0 Å². The third-order valence-electron chi connectivity index (χ3n) is 2.16. The summed E-state index contributed by atoms with van der Waals surface area (Å²) in [4.78, 5) is 14.7. The molecule has 0 unspecified atom stereocenters. The van der Waals surface area contributed by atoms with E-state index in [9.17, 15) is 13.6 Å². The van der Waals surface area contributed by atoms with Crippen molar-refractivity contribution in [2.45, 2.75) is 0 Å². The van der Waals surface area contributed by atoms with Crippen LogP contribution in [-0.2, 0) is 0 Å². The number of aromatic nitrogens is 1. The minimum Gasteiger partial charge on any atom is -0.298 e. The van der Waals surface area contributed by atoms with Crippen LogP contribution in [0.25, 0.3) is 11.3 Å². The number of aldehydes is 1. The maximum absolute atomic E-state index is 13.0. The first-order valence-corrected chi connectivity index (χ1v) is 4.58. The standard InChI is InChI=1S/C12H7F2NO/c13-10-4-3-8(6-11(10)14)12-9(7-16)2-1-5-15-12/h1-7H. The summed E-state index contributed by atoms with van der Waals surface area (Å²) in [5, 5.41) is 0. The van der Waals surface area contributed by atoms with Gasteiger partial charge in [0.05, 0.1) is 5.69 Å². The van der Waals surface area contributed by atoms with E-state index in [1.807, 2.05) is 0 Å². The largest absolute Gasteiger partial charge is 0.298 e. The van der Waals surface area contributed by atoms with Crippen LogP contribution in [0.5, 0.6) is 0 Å². The number of halogens is 2. The van der Waals surface area contributed by atoms with Gasteiger partial charge in [-0.25, -0.2) is 8.78 Å². The molecule has 0 saturated heterocycles. The SMILES string of the molecule is O=Cc1cccnc1-c1ccc(F)c(F)c1. The van der Waals surface area contributed by atoms with E-state index in [1.165, 1.54) is 12.3 Å². The van der Waals surface area contributed by atoms with Gasteiger partial charge < -0.3 is 0 Å². The minimum absolute atomic E-state index is 0.341. The Morgan fingerprint density at radius 3 is 2.62 bits per heavy atom. The van der Waals surface area contributed by atoms with E-state index in [1.54, 1.807) is 12.1 Å². The maximum Gasteiger partial charge on any atom is 0.159 e. The Morgan fingerprint density at radius 2 is 1.94 bits per heavy atom. The lowest BCUT2D eigenvalue weighted by Crippen LogP contribution is -1.92. The summed E-state index contributed by atoms with van der Waals surface area (Å²) in [6, 6.07) is 6.58. The van der Waals surface area contributed by atoms with Gasteiger partial charge in [0, 0.05) is 17.3 Å². The molecule has 2 rings (SSSR count). The van der Waals surface area contributed by atoms with E-state index < -0.39 is 11.6 Å². The first kappa shape index (κ1) is 10.4. The third-order valence-corrected chi connectivity index (χ3v) is 2.16. The Bertz CT molecular complexity index is 540. The van der Waals surface area contributed by atoms with Crippen molar-refractivity contribution in [3.05, 3.63) is 53.7 Å². The van der Waals surface area contributed by atoms with Gasteiger partial charge in [-0.2, -0.15) is 0 Å². The average Bonchev–Trinajstić information content (AvgIpc) is 2.32. The van der Waals surface area contributed by atoms with Crippen LogP contribution < -0.4 is 0 Å². The molecule has 0 amide bonds. The molecule has 0 N–H and O–H groups in total. The highest BCUT2D eigenvalue weighted by Crippen LogP contribution is 2.21. The van der Waals surface area contributed by atoms with Gasteiger partial charge in [0.15, 0.2) is 17.9 Å². The summed E-state index contributed by atoms with van der Waals surface area (Å²) in [6.07, 6.45) is 2.12. The maximum atomic E-state index is 13.0. The third kappa shape index (κ3) is 1.82. The molecule has 1 aromatic carbocycles. The van der Waals surface area contributed by atoms with Crippen molar-refractivity contribution in [1.82, 2.24) is 4.98 Å². The van der Waals surface area contributed by atoms with Crippen LogP contribution >= 0.6 is 0 Å². The molecule has 0 radical (unpaired) electrons. The number of hydrogen-bond donors (Lipinski definition) is 0. The molecule has 0 aliphatic carbocycles. The van der Waals surface area contributed by atoms with Crippen LogP contribution in [0.4, 0.5) is 8.78 Å². The lowest BCUT2D eigenvalue weighted by atomic mass is 10.1.